The zero-order valence-corrected chi connectivity index (χ0v) is 16.8. The third kappa shape index (κ3) is 3.78. The van der Waals surface area contributed by atoms with Gasteiger partial charge in [0.1, 0.15) is 5.01 Å². The molecule has 7 nitrogen and oxygen atoms in total. The van der Waals surface area contributed by atoms with E-state index in [9.17, 15) is 9.59 Å². The zero-order chi connectivity index (χ0) is 19.0. The molecule has 1 amide bonds. The fourth-order valence-electron chi connectivity index (χ4n) is 4.49. The molecule has 4 rings (SSSR count). The van der Waals surface area contributed by atoms with Crippen LogP contribution in [-0.4, -0.2) is 43.5 Å². The number of hydrogen-bond acceptors (Lipinski definition) is 6. The maximum absolute atomic E-state index is 12.4. The summed E-state index contributed by atoms with van der Waals surface area (Å²) >= 11 is 1.49. The van der Waals surface area contributed by atoms with Crippen molar-refractivity contribution in [3.05, 3.63) is 27.1 Å². The summed E-state index contributed by atoms with van der Waals surface area (Å²) in [7, 11) is 0. The van der Waals surface area contributed by atoms with Gasteiger partial charge in [-0.05, 0) is 32.1 Å². The predicted octanol–water partition coefficient (Wildman–Crippen LogP) is 2.13. The molecule has 4 heterocycles. The molecule has 2 bridgehead atoms. The second-order valence-electron chi connectivity index (χ2n) is 7.63. The summed E-state index contributed by atoms with van der Waals surface area (Å²) in [5.74, 6) is 0.142. The molecular weight excluding hydrogens is 362 g/mol. The van der Waals surface area contributed by atoms with E-state index in [4.69, 9.17) is 4.98 Å². The molecule has 0 aliphatic carbocycles. The molecule has 2 aliphatic heterocycles. The van der Waals surface area contributed by atoms with Crippen LogP contribution in [0.3, 0.4) is 0 Å². The largest absolute Gasteiger partial charge is 0.353 e. The average Bonchev–Trinajstić information content (AvgIpc) is 3.06. The predicted molar refractivity (Wildman–Crippen MR) is 105 cm³/mol. The van der Waals surface area contributed by atoms with Crippen LogP contribution in [0.5, 0.6) is 0 Å². The summed E-state index contributed by atoms with van der Waals surface area (Å²) in [5.41, 5.74) is 0.737. The normalized spacial score (nSPS) is 25.6. The van der Waals surface area contributed by atoms with Crippen LogP contribution in [0, 0.1) is 0 Å². The summed E-state index contributed by atoms with van der Waals surface area (Å²) in [4.78, 5) is 32.1. The summed E-state index contributed by atoms with van der Waals surface area (Å²) < 4.78 is 1.42. The lowest BCUT2D eigenvalue weighted by Crippen LogP contribution is -2.56. The Bertz CT molecular complexity index is 878. The minimum Gasteiger partial charge on any atom is -0.353 e. The Labute approximate surface area is 162 Å². The van der Waals surface area contributed by atoms with Gasteiger partial charge in [-0.1, -0.05) is 31.6 Å². The first-order chi connectivity index (χ1) is 13.1. The molecule has 1 unspecified atom stereocenters. The number of aryl methyl sites for hydroxylation is 1. The molecule has 0 spiro atoms. The number of aromatic nitrogens is 3. The van der Waals surface area contributed by atoms with Gasteiger partial charge in [0.15, 0.2) is 0 Å². The molecule has 146 valence electrons. The van der Waals surface area contributed by atoms with Gasteiger partial charge in [-0.25, -0.2) is 4.98 Å². The first-order valence-corrected chi connectivity index (χ1v) is 10.8. The third-order valence-electron chi connectivity index (χ3n) is 5.80. The van der Waals surface area contributed by atoms with E-state index >= 15 is 0 Å². The lowest BCUT2D eigenvalue weighted by molar-refractivity contribution is -0.122. The summed E-state index contributed by atoms with van der Waals surface area (Å²) in [5, 5.41) is 8.44. The maximum atomic E-state index is 12.4. The highest BCUT2D eigenvalue weighted by Crippen LogP contribution is 2.35. The highest BCUT2D eigenvalue weighted by Gasteiger charge is 2.38. The molecule has 2 saturated heterocycles. The highest BCUT2D eigenvalue weighted by molar-refractivity contribution is 7.16. The van der Waals surface area contributed by atoms with Gasteiger partial charge in [0, 0.05) is 37.2 Å². The Morgan fingerprint density at radius 2 is 2.04 bits per heavy atom. The molecule has 3 atom stereocenters. The Morgan fingerprint density at radius 1 is 1.30 bits per heavy atom. The van der Waals surface area contributed by atoms with Crippen molar-refractivity contribution in [1.29, 1.82) is 0 Å². The van der Waals surface area contributed by atoms with Crippen LogP contribution >= 0.6 is 11.3 Å². The van der Waals surface area contributed by atoms with Crippen molar-refractivity contribution >= 4 is 22.2 Å². The van der Waals surface area contributed by atoms with Gasteiger partial charge in [0.25, 0.3) is 5.56 Å². The van der Waals surface area contributed by atoms with Gasteiger partial charge in [-0.3, -0.25) is 14.5 Å². The van der Waals surface area contributed by atoms with Crippen LogP contribution in [0.25, 0.3) is 4.96 Å². The monoisotopic (exact) mass is 389 g/mol. The number of carbonyl (C=O) groups excluding carboxylic acids is 1. The third-order valence-corrected chi connectivity index (χ3v) is 6.85. The van der Waals surface area contributed by atoms with Crippen molar-refractivity contribution in [2.75, 3.05) is 0 Å². The second kappa shape index (κ2) is 7.67. The quantitative estimate of drug-likeness (QED) is 0.847. The Balaban J connectivity index is 1.53. The number of hydrogen-bond donors (Lipinski definition) is 1. The van der Waals surface area contributed by atoms with Gasteiger partial charge >= 0.3 is 0 Å². The SMILES string of the molecule is CCC(=O)NC1C[C@H]2CCC[C@@H](C1)N2Cc1cc(=O)n2nc(CC)sc2n1. The van der Waals surface area contributed by atoms with E-state index in [1.807, 2.05) is 13.8 Å². The van der Waals surface area contributed by atoms with Crippen LogP contribution in [-0.2, 0) is 17.8 Å². The molecule has 27 heavy (non-hydrogen) atoms. The van der Waals surface area contributed by atoms with E-state index in [2.05, 4.69) is 15.3 Å². The molecule has 2 fully saturated rings. The first kappa shape index (κ1) is 18.6. The van der Waals surface area contributed by atoms with Gasteiger partial charge in [-0.15, -0.1) is 0 Å². The lowest BCUT2D eigenvalue weighted by Gasteiger charge is -2.48. The fraction of sp³-hybridized carbons (Fsp3) is 0.684. The Kier molecular flexibility index (Phi) is 5.27. The van der Waals surface area contributed by atoms with Gasteiger partial charge in [0.2, 0.25) is 10.9 Å². The minimum absolute atomic E-state index is 0.0961. The van der Waals surface area contributed by atoms with E-state index in [-0.39, 0.29) is 17.5 Å². The van der Waals surface area contributed by atoms with Gasteiger partial charge in [-0.2, -0.15) is 9.61 Å². The molecule has 0 aromatic carbocycles. The first-order valence-electron chi connectivity index (χ1n) is 10.0. The van der Waals surface area contributed by atoms with Crippen LogP contribution in [0.4, 0.5) is 0 Å². The van der Waals surface area contributed by atoms with E-state index in [1.165, 1.54) is 22.3 Å². The summed E-state index contributed by atoms with van der Waals surface area (Å²) in [6, 6.07) is 2.81. The van der Waals surface area contributed by atoms with Crippen LogP contribution in [0.2, 0.25) is 0 Å². The molecule has 2 aromatic heterocycles. The number of rotatable bonds is 5. The van der Waals surface area contributed by atoms with E-state index in [0.29, 0.717) is 30.0 Å². The smallest absolute Gasteiger partial charge is 0.275 e. The van der Waals surface area contributed by atoms with Crippen molar-refractivity contribution in [3.8, 4) is 0 Å². The zero-order valence-electron chi connectivity index (χ0n) is 16.0. The standard InChI is InChI=1S/C19H27N5O2S/c1-3-16(25)20-12-8-14-6-5-7-15(9-12)23(14)11-13-10-18(26)24-19(21-13)27-17(4-2)22-24/h10,12,14-15H,3-9,11H2,1-2H3,(H,20,25)/t12?,14-,15+. The maximum Gasteiger partial charge on any atom is 0.275 e. The number of amides is 1. The molecule has 0 radical (unpaired) electrons. The van der Waals surface area contributed by atoms with Crippen molar-refractivity contribution in [2.24, 2.45) is 0 Å². The highest BCUT2D eigenvalue weighted by atomic mass is 32.1. The van der Waals surface area contributed by atoms with Crippen molar-refractivity contribution < 1.29 is 4.79 Å². The van der Waals surface area contributed by atoms with Crippen LogP contribution < -0.4 is 10.9 Å². The molecule has 8 heteroatoms. The molecule has 1 N–H and O–H groups in total. The van der Waals surface area contributed by atoms with E-state index in [0.717, 1.165) is 42.8 Å². The van der Waals surface area contributed by atoms with Crippen LogP contribution in [0.15, 0.2) is 10.9 Å². The molecule has 2 aromatic rings. The fourth-order valence-corrected chi connectivity index (χ4v) is 5.35. The molecular formula is C19H27N5O2S. The Hall–Kier alpha value is -1.80. The minimum atomic E-state index is -0.0961. The summed E-state index contributed by atoms with van der Waals surface area (Å²) in [6.07, 6.45) is 6.87. The number of nitrogens with zero attached hydrogens (tertiary/aromatic N) is 4. The van der Waals surface area contributed by atoms with Gasteiger partial charge in [0.05, 0.1) is 5.69 Å². The molecule has 2 aliphatic rings. The van der Waals surface area contributed by atoms with E-state index < -0.39 is 0 Å². The average molecular weight is 390 g/mol. The van der Waals surface area contributed by atoms with Crippen molar-refractivity contribution in [3.63, 3.8) is 0 Å². The number of nitrogens with one attached hydrogen (secondary N) is 1. The second-order valence-corrected chi connectivity index (χ2v) is 8.67. The summed E-state index contributed by atoms with van der Waals surface area (Å²) in [6.45, 7) is 4.64. The van der Waals surface area contributed by atoms with Crippen LogP contribution in [0.1, 0.15) is 63.1 Å². The van der Waals surface area contributed by atoms with Gasteiger partial charge < -0.3 is 5.32 Å². The number of piperidine rings is 2. The lowest BCUT2D eigenvalue weighted by atomic mass is 9.81. The Morgan fingerprint density at radius 3 is 2.70 bits per heavy atom. The van der Waals surface area contributed by atoms with Crippen molar-refractivity contribution in [1.82, 2.24) is 24.8 Å². The number of carbonyl (C=O) groups is 1. The molecule has 0 saturated carbocycles. The van der Waals surface area contributed by atoms with E-state index in [1.54, 1.807) is 6.07 Å². The number of fused-ring (bicyclic) bond motifs is 3. The topological polar surface area (TPSA) is 79.6 Å². The van der Waals surface area contributed by atoms with Crippen molar-refractivity contribution in [2.45, 2.75) is 83.5 Å².